The predicted molar refractivity (Wildman–Crippen MR) is 110 cm³/mol. The zero-order valence-corrected chi connectivity index (χ0v) is 17.8. The molecular weight excluding hydrogens is 445 g/mol. The number of carbonyl (C=O) groups is 2. The van der Waals surface area contributed by atoms with Crippen LogP contribution in [0.1, 0.15) is 22.9 Å². The Bertz CT molecular complexity index is 930. The van der Waals surface area contributed by atoms with Crippen LogP contribution in [0.3, 0.4) is 0 Å². The second kappa shape index (κ2) is 11.1. The standard InChI is InChI=1S/C19H24N4O3.C2HF3O2/c24-19(22-7-10-25-11-8-22)20-12-17-18-16(6-9-26-17)14-23(21-18)13-15-4-2-1-3-5-15;3-2(4,5)1(6)7/h1-5,14,17H,6-13H2,(H,20,24);(H,6,7). The van der Waals surface area contributed by atoms with Gasteiger partial charge >= 0.3 is 18.2 Å². The van der Waals surface area contributed by atoms with Gasteiger partial charge in [-0.3, -0.25) is 4.68 Å². The minimum absolute atomic E-state index is 0.0623. The fourth-order valence-corrected chi connectivity index (χ4v) is 3.40. The van der Waals surface area contributed by atoms with Crippen molar-refractivity contribution in [1.82, 2.24) is 20.0 Å². The third kappa shape index (κ3) is 7.19. The lowest BCUT2D eigenvalue weighted by molar-refractivity contribution is -0.192. The molecule has 1 saturated heterocycles. The van der Waals surface area contributed by atoms with Crippen molar-refractivity contribution in [3.05, 3.63) is 53.3 Å². The number of morpholine rings is 1. The number of benzene rings is 1. The number of fused-ring (bicyclic) bond motifs is 1. The Morgan fingerprint density at radius 1 is 1.15 bits per heavy atom. The summed E-state index contributed by atoms with van der Waals surface area (Å²) in [6.07, 6.45) is -2.32. The molecule has 1 aromatic carbocycles. The summed E-state index contributed by atoms with van der Waals surface area (Å²) in [5.74, 6) is -2.76. The number of aromatic nitrogens is 2. The molecule has 0 spiro atoms. The molecule has 1 aromatic heterocycles. The van der Waals surface area contributed by atoms with E-state index in [1.54, 1.807) is 4.90 Å². The molecule has 2 aromatic rings. The van der Waals surface area contributed by atoms with Gasteiger partial charge in [-0.25, -0.2) is 9.59 Å². The molecule has 2 amide bonds. The van der Waals surface area contributed by atoms with Gasteiger partial charge in [-0.15, -0.1) is 0 Å². The van der Waals surface area contributed by atoms with Gasteiger partial charge in [-0.2, -0.15) is 18.3 Å². The topological polar surface area (TPSA) is 106 Å². The lowest BCUT2D eigenvalue weighted by Crippen LogP contribution is -2.47. The molecule has 1 unspecified atom stereocenters. The van der Waals surface area contributed by atoms with Crippen LogP contribution < -0.4 is 5.32 Å². The van der Waals surface area contributed by atoms with Gasteiger partial charge < -0.3 is 24.8 Å². The maximum atomic E-state index is 12.3. The van der Waals surface area contributed by atoms with Crippen molar-refractivity contribution in [2.45, 2.75) is 25.2 Å². The summed E-state index contributed by atoms with van der Waals surface area (Å²) in [4.78, 5) is 23.0. The molecule has 1 fully saturated rings. The van der Waals surface area contributed by atoms with Gasteiger partial charge in [0.05, 0.1) is 38.6 Å². The average molecular weight is 470 g/mol. The number of carboxylic acid groups (broad SMARTS) is 1. The predicted octanol–water partition coefficient (Wildman–Crippen LogP) is 2.22. The Hall–Kier alpha value is -3.12. The third-order valence-electron chi connectivity index (χ3n) is 5.03. The number of halogens is 3. The maximum absolute atomic E-state index is 12.3. The van der Waals surface area contributed by atoms with E-state index in [4.69, 9.17) is 24.5 Å². The van der Waals surface area contributed by atoms with Crippen molar-refractivity contribution in [2.75, 3.05) is 39.5 Å². The first kappa shape index (κ1) is 24.5. The molecular formula is C21H25F3N4O5. The molecule has 33 heavy (non-hydrogen) atoms. The molecule has 12 heteroatoms. The van der Waals surface area contributed by atoms with Crippen LogP contribution in [0.25, 0.3) is 0 Å². The molecule has 180 valence electrons. The van der Waals surface area contributed by atoms with Crippen LogP contribution in [0.2, 0.25) is 0 Å². The van der Waals surface area contributed by atoms with Crippen LogP contribution in [0.4, 0.5) is 18.0 Å². The molecule has 2 N–H and O–H groups in total. The summed E-state index contributed by atoms with van der Waals surface area (Å²) in [7, 11) is 0. The number of aliphatic carboxylic acids is 1. The number of alkyl halides is 3. The van der Waals surface area contributed by atoms with Crippen molar-refractivity contribution < 1.29 is 37.3 Å². The summed E-state index contributed by atoms with van der Waals surface area (Å²) in [5, 5.41) is 14.8. The highest BCUT2D eigenvalue weighted by Gasteiger charge is 2.38. The molecule has 2 aliphatic rings. The number of hydrogen-bond acceptors (Lipinski definition) is 5. The van der Waals surface area contributed by atoms with Crippen molar-refractivity contribution in [3.63, 3.8) is 0 Å². The number of ether oxygens (including phenoxy) is 2. The maximum Gasteiger partial charge on any atom is 0.490 e. The molecule has 2 aliphatic heterocycles. The smallest absolute Gasteiger partial charge is 0.475 e. The molecule has 0 radical (unpaired) electrons. The van der Waals surface area contributed by atoms with Crippen LogP contribution in [0, 0.1) is 0 Å². The van der Waals surface area contributed by atoms with Crippen molar-refractivity contribution >= 4 is 12.0 Å². The Balaban J connectivity index is 0.000000383. The lowest BCUT2D eigenvalue weighted by Gasteiger charge is -2.28. The second-order valence-corrected chi connectivity index (χ2v) is 7.42. The summed E-state index contributed by atoms with van der Waals surface area (Å²) < 4.78 is 44.9. The van der Waals surface area contributed by atoms with Gasteiger partial charge in [0, 0.05) is 19.3 Å². The zero-order valence-electron chi connectivity index (χ0n) is 17.8. The first-order valence-corrected chi connectivity index (χ1v) is 10.4. The second-order valence-electron chi connectivity index (χ2n) is 7.42. The molecule has 3 heterocycles. The summed E-state index contributed by atoms with van der Waals surface area (Å²) >= 11 is 0. The number of urea groups is 1. The van der Waals surface area contributed by atoms with Crippen molar-refractivity contribution in [3.8, 4) is 0 Å². The fraction of sp³-hybridized carbons (Fsp3) is 0.476. The van der Waals surface area contributed by atoms with Crippen molar-refractivity contribution in [1.29, 1.82) is 0 Å². The quantitative estimate of drug-likeness (QED) is 0.710. The van der Waals surface area contributed by atoms with E-state index in [9.17, 15) is 18.0 Å². The van der Waals surface area contributed by atoms with E-state index in [0.29, 0.717) is 39.5 Å². The summed E-state index contributed by atoms with van der Waals surface area (Å²) in [5.41, 5.74) is 3.36. The number of carbonyl (C=O) groups excluding carboxylic acids is 1. The van der Waals surface area contributed by atoms with E-state index in [2.05, 4.69) is 23.6 Å². The number of rotatable bonds is 4. The minimum atomic E-state index is -5.08. The molecule has 9 nitrogen and oxygen atoms in total. The highest BCUT2D eigenvalue weighted by Crippen LogP contribution is 2.25. The summed E-state index contributed by atoms with van der Waals surface area (Å²) in [6.45, 7) is 4.29. The van der Waals surface area contributed by atoms with Gasteiger partial charge in [-0.1, -0.05) is 30.3 Å². The normalized spacial score (nSPS) is 18.0. The molecule has 0 aliphatic carbocycles. The van der Waals surface area contributed by atoms with Gasteiger partial charge in [0.2, 0.25) is 0 Å². The van der Waals surface area contributed by atoms with Crippen LogP contribution in [0.5, 0.6) is 0 Å². The number of hydrogen-bond donors (Lipinski definition) is 2. The Morgan fingerprint density at radius 3 is 2.45 bits per heavy atom. The van der Waals surface area contributed by atoms with Crippen LogP contribution in [-0.4, -0.2) is 77.4 Å². The van der Waals surface area contributed by atoms with E-state index >= 15 is 0 Å². The highest BCUT2D eigenvalue weighted by atomic mass is 19.4. The monoisotopic (exact) mass is 470 g/mol. The summed E-state index contributed by atoms with van der Waals surface area (Å²) in [6, 6.07) is 10.2. The van der Waals surface area contributed by atoms with Gasteiger partial charge in [-0.05, 0) is 17.5 Å². The SMILES string of the molecule is O=C(NCC1OCCc2cn(Cc3ccccc3)nc21)N1CCOCC1.O=C(O)C(F)(F)F. The average Bonchev–Trinajstić information content (AvgIpc) is 3.21. The molecule has 0 saturated carbocycles. The number of amides is 2. The van der Waals surface area contributed by atoms with Crippen LogP contribution in [0.15, 0.2) is 36.5 Å². The van der Waals surface area contributed by atoms with Crippen LogP contribution >= 0.6 is 0 Å². The molecule has 4 rings (SSSR count). The third-order valence-corrected chi connectivity index (χ3v) is 5.03. The van der Waals surface area contributed by atoms with E-state index in [1.165, 1.54) is 11.1 Å². The number of nitrogens with zero attached hydrogens (tertiary/aromatic N) is 3. The first-order chi connectivity index (χ1) is 15.7. The Morgan fingerprint density at radius 2 is 1.82 bits per heavy atom. The molecule has 0 bridgehead atoms. The van der Waals surface area contributed by atoms with E-state index in [-0.39, 0.29) is 12.1 Å². The number of nitrogens with one attached hydrogen (secondary N) is 1. The fourth-order valence-electron chi connectivity index (χ4n) is 3.40. The zero-order chi connectivity index (χ0) is 23.8. The van der Waals surface area contributed by atoms with Gasteiger partial charge in [0.15, 0.2) is 0 Å². The van der Waals surface area contributed by atoms with E-state index in [0.717, 1.165) is 18.7 Å². The van der Waals surface area contributed by atoms with E-state index < -0.39 is 12.1 Å². The molecule has 1 atom stereocenters. The Kier molecular flexibility index (Phi) is 8.28. The van der Waals surface area contributed by atoms with Gasteiger partial charge in [0.1, 0.15) is 6.10 Å². The largest absolute Gasteiger partial charge is 0.490 e. The minimum Gasteiger partial charge on any atom is -0.475 e. The van der Waals surface area contributed by atoms with E-state index in [1.807, 2.05) is 22.9 Å². The Labute approximate surface area is 188 Å². The van der Waals surface area contributed by atoms with Crippen molar-refractivity contribution in [2.24, 2.45) is 0 Å². The first-order valence-electron chi connectivity index (χ1n) is 10.4. The van der Waals surface area contributed by atoms with Crippen LogP contribution in [-0.2, 0) is 27.2 Å². The van der Waals surface area contributed by atoms with Gasteiger partial charge in [0.25, 0.3) is 0 Å². The lowest BCUT2D eigenvalue weighted by atomic mass is 10.1. The number of carboxylic acids is 1. The highest BCUT2D eigenvalue weighted by molar-refractivity contribution is 5.74.